The highest BCUT2D eigenvalue weighted by Gasteiger charge is 2.44. The Balaban J connectivity index is 0.000000582. The Morgan fingerprint density at radius 1 is 1.04 bits per heavy atom. The van der Waals surface area contributed by atoms with Crippen LogP contribution in [-0.4, -0.2) is 122 Å². The van der Waals surface area contributed by atoms with E-state index in [1.807, 2.05) is 36.4 Å². The van der Waals surface area contributed by atoms with Gasteiger partial charge in [0, 0.05) is 31.6 Å². The van der Waals surface area contributed by atoms with E-state index in [1.54, 1.807) is 10.9 Å². The molecule has 0 bridgehead atoms. The molecular formula is C32H38F3N7O6. The lowest BCUT2D eigenvalue weighted by atomic mass is 9.91. The Kier molecular flexibility index (Phi) is 10.8. The molecule has 258 valence electrons. The predicted octanol–water partition coefficient (Wildman–Crippen LogP) is 2.46. The quantitative estimate of drug-likeness (QED) is 0.176. The molecule has 0 amide bonds. The molecule has 2 aliphatic heterocycles. The summed E-state index contributed by atoms with van der Waals surface area (Å²) in [4.78, 5) is 27.7. The van der Waals surface area contributed by atoms with Gasteiger partial charge in [0.2, 0.25) is 5.95 Å². The Morgan fingerprint density at radius 2 is 1.65 bits per heavy atom. The first-order valence-electron chi connectivity index (χ1n) is 15.3. The first-order chi connectivity index (χ1) is 22.9. The molecule has 13 nitrogen and oxygen atoms in total. The predicted molar refractivity (Wildman–Crippen MR) is 170 cm³/mol. The summed E-state index contributed by atoms with van der Waals surface area (Å²) < 4.78 is 39.2. The number of benzene rings is 2. The number of aromatic nitrogens is 4. The summed E-state index contributed by atoms with van der Waals surface area (Å²) in [6.45, 7) is 1.76. The molecule has 4 heterocycles. The number of hydrogen-bond donors (Lipinski definition) is 5. The Labute approximate surface area is 274 Å². The van der Waals surface area contributed by atoms with Crippen LogP contribution >= 0.6 is 0 Å². The van der Waals surface area contributed by atoms with Gasteiger partial charge in [-0.05, 0) is 31.6 Å². The van der Waals surface area contributed by atoms with E-state index in [2.05, 4.69) is 58.5 Å². The fourth-order valence-corrected chi connectivity index (χ4v) is 5.81. The smallest absolute Gasteiger partial charge is 0.475 e. The number of imidazole rings is 1. The second-order valence-electron chi connectivity index (χ2n) is 11.8. The van der Waals surface area contributed by atoms with Crippen LogP contribution in [0.3, 0.4) is 0 Å². The van der Waals surface area contributed by atoms with Crippen molar-refractivity contribution in [3.63, 3.8) is 0 Å². The average Bonchev–Trinajstić information content (AvgIpc) is 3.80. The zero-order valence-corrected chi connectivity index (χ0v) is 26.3. The number of aliphatic hydroxyl groups is 3. The lowest BCUT2D eigenvalue weighted by Gasteiger charge is -2.23. The second-order valence-corrected chi connectivity index (χ2v) is 11.8. The normalized spacial score (nSPS) is 22.7. The number of nitrogens with zero attached hydrogens (tertiary/aromatic N) is 6. The molecule has 5 atom stereocenters. The van der Waals surface area contributed by atoms with Gasteiger partial charge in [-0.3, -0.25) is 4.57 Å². The number of carbonyl (C=O) groups is 1. The van der Waals surface area contributed by atoms with E-state index in [0.717, 1.165) is 19.5 Å². The van der Waals surface area contributed by atoms with Gasteiger partial charge in [-0.2, -0.15) is 23.1 Å². The number of carboxylic acids is 1. The van der Waals surface area contributed by atoms with Crippen LogP contribution < -0.4 is 10.2 Å². The van der Waals surface area contributed by atoms with E-state index in [1.165, 1.54) is 11.1 Å². The highest BCUT2D eigenvalue weighted by Crippen LogP contribution is 2.34. The summed E-state index contributed by atoms with van der Waals surface area (Å²) in [5.74, 6) is -1.54. The van der Waals surface area contributed by atoms with Gasteiger partial charge in [0.1, 0.15) is 18.3 Å². The third-order valence-electron chi connectivity index (χ3n) is 8.50. The zero-order valence-electron chi connectivity index (χ0n) is 26.3. The number of aliphatic hydroxyl groups excluding tert-OH is 3. The number of ether oxygens (including phenoxy) is 1. The van der Waals surface area contributed by atoms with Crippen molar-refractivity contribution < 1.29 is 43.1 Å². The minimum absolute atomic E-state index is 0.0679. The van der Waals surface area contributed by atoms with Crippen molar-refractivity contribution in [1.29, 1.82) is 0 Å². The molecule has 4 aromatic rings. The van der Waals surface area contributed by atoms with Gasteiger partial charge in [-0.1, -0.05) is 60.7 Å². The fourth-order valence-electron chi connectivity index (χ4n) is 5.81. The van der Waals surface area contributed by atoms with Crippen LogP contribution in [0.5, 0.6) is 0 Å². The minimum Gasteiger partial charge on any atom is -0.475 e. The van der Waals surface area contributed by atoms with E-state index in [-0.39, 0.29) is 5.92 Å². The summed E-state index contributed by atoms with van der Waals surface area (Å²) in [5, 5.41) is 41.5. The molecule has 2 aromatic heterocycles. The van der Waals surface area contributed by atoms with Crippen LogP contribution in [-0.2, 0) is 9.53 Å². The molecule has 6 rings (SSSR count). The van der Waals surface area contributed by atoms with E-state index >= 15 is 0 Å². The standard InChI is InChI=1S/C30H37N7O4.C2HF3O2/c1-35(2)21-13-14-36(16-21)30-33-27(31-15-22(19-9-5-3-6-10-19)20-11-7-4-8-12-20)24-28(34-30)37(18-32-24)29-26(40)25(39)23(17-38)41-29;3-2(4,5)1(6)7/h3-12,18,21-23,25-26,29,38-40H,13-17H2,1-2H3,(H,31,33,34);(H,6,7)/t21-,23-,25-,26-,29-;/m1./s1. The number of carboxylic acid groups (broad SMARTS) is 1. The molecule has 2 aromatic carbocycles. The third kappa shape index (κ3) is 7.68. The maximum atomic E-state index is 10.8. The van der Waals surface area contributed by atoms with Crippen molar-refractivity contribution >= 4 is 28.9 Å². The molecule has 2 saturated heterocycles. The monoisotopic (exact) mass is 673 g/mol. The largest absolute Gasteiger partial charge is 0.490 e. The number of fused-ring (bicyclic) bond motifs is 1. The molecule has 0 radical (unpaired) electrons. The summed E-state index contributed by atoms with van der Waals surface area (Å²) in [6.07, 6.45) is -6.86. The van der Waals surface area contributed by atoms with Gasteiger partial charge in [0.25, 0.3) is 0 Å². The molecule has 2 fully saturated rings. The van der Waals surface area contributed by atoms with Gasteiger partial charge in [-0.25, -0.2) is 9.78 Å². The minimum atomic E-state index is -5.08. The van der Waals surface area contributed by atoms with Crippen molar-refractivity contribution in [3.05, 3.63) is 78.1 Å². The van der Waals surface area contributed by atoms with Gasteiger partial charge in [-0.15, -0.1) is 0 Å². The Bertz CT molecular complexity index is 1620. The molecule has 0 spiro atoms. The van der Waals surface area contributed by atoms with Gasteiger partial charge >= 0.3 is 12.1 Å². The summed E-state index contributed by atoms with van der Waals surface area (Å²) in [7, 11) is 4.16. The van der Waals surface area contributed by atoms with Crippen molar-refractivity contribution in [1.82, 2.24) is 24.4 Å². The summed E-state index contributed by atoms with van der Waals surface area (Å²) >= 11 is 0. The van der Waals surface area contributed by atoms with Crippen LogP contribution in [0, 0.1) is 0 Å². The molecular weight excluding hydrogens is 635 g/mol. The highest BCUT2D eigenvalue weighted by molar-refractivity contribution is 5.84. The van der Waals surface area contributed by atoms with Crippen molar-refractivity contribution in [2.45, 2.75) is 49.1 Å². The number of anilines is 2. The van der Waals surface area contributed by atoms with Gasteiger partial charge in [0.05, 0.1) is 12.9 Å². The number of likely N-dealkylation sites (N-methyl/N-ethyl adjacent to an activating group) is 1. The zero-order chi connectivity index (χ0) is 34.6. The van der Waals surface area contributed by atoms with Crippen LogP contribution in [0.2, 0.25) is 0 Å². The van der Waals surface area contributed by atoms with E-state index in [0.29, 0.717) is 35.5 Å². The average molecular weight is 674 g/mol. The Morgan fingerprint density at radius 3 is 2.15 bits per heavy atom. The van der Waals surface area contributed by atoms with Crippen molar-refractivity contribution in [2.75, 3.05) is 50.6 Å². The van der Waals surface area contributed by atoms with Crippen LogP contribution in [0.1, 0.15) is 29.7 Å². The van der Waals surface area contributed by atoms with Crippen molar-refractivity contribution in [3.8, 4) is 0 Å². The van der Waals surface area contributed by atoms with Crippen molar-refractivity contribution in [2.24, 2.45) is 0 Å². The molecule has 5 N–H and O–H groups in total. The van der Waals surface area contributed by atoms with Gasteiger partial charge < -0.3 is 40.3 Å². The second kappa shape index (κ2) is 14.8. The van der Waals surface area contributed by atoms with Gasteiger partial charge in [0.15, 0.2) is 23.2 Å². The summed E-state index contributed by atoms with van der Waals surface area (Å²) in [6, 6.07) is 21.1. The molecule has 0 saturated carbocycles. The first-order valence-corrected chi connectivity index (χ1v) is 15.3. The summed E-state index contributed by atoms with van der Waals surface area (Å²) in [5.41, 5.74) is 3.38. The molecule has 2 aliphatic rings. The van der Waals surface area contributed by atoms with E-state index in [4.69, 9.17) is 24.6 Å². The number of aliphatic carboxylic acids is 1. The molecule has 16 heteroatoms. The SMILES string of the molecule is CN(C)[C@@H]1CCN(c2nc(NCC(c3ccccc3)c3ccccc3)c3ncn([C@@H]4O[C@H](CO)[C@@H](O)[C@H]4O)c3n2)C1.O=C(O)C(F)(F)F. The highest BCUT2D eigenvalue weighted by atomic mass is 19.4. The maximum Gasteiger partial charge on any atom is 0.490 e. The number of halogens is 3. The first kappa shape index (κ1) is 35.0. The van der Waals surface area contributed by atoms with Crippen LogP contribution in [0.4, 0.5) is 24.9 Å². The van der Waals surface area contributed by atoms with Crippen LogP contribution in [0.15, 0.2) is 67.0 Å². The van der Waals surface area contributed by atoms with E-state index in [9.17, 15) is 28.5 Å². The lowest BCUT2D eigenvalue weighted by Crippen LogP contribution is -2.33. The molecule has 48 heavy (non-hydrogen) atoms. The topological polar surface area (TPSA) is 169 Å². The molecule has 0 unspecified atom stereocenters. The number of rotatable bonds is 9. The Hall–Kier alpha value is -4.35. The van der Waals surface area contributed by atoms with E-state index < -0.39 is 43.3 Å². The fraction of sp³-hybridized carbons (Fsp3) is 0.438. The number of nitrogens with one attached hydrogen (secondary N) is 1. The lowest BCUT2D eigenvalue weighted by molar-refractivity contribution is -0.192. The molecule has 0 aliphatic carbocycles. The number of alkyl halides is 3. The maximum absolute atomic E-state index is 10.8. The third-order valence-corrected chi connectivity index (χ3v) is 8.50. The number of hydrogen-bond acceptors (Lipinski definition) is 11. The van der Waals surface area contributed by atoms with Crippen LogP contribution in [0.25, 0.3) is 11.2 Å².